The molecule has 0 radical (unpaired) electrons. The van der Waals surface area contributed by atoms with Gasteiger partial charge in [0.2, 0.25) is 0 Å². The smallest absolute Gasteiger partial charge is 0.0988 e. The number of hydrogen-bond acceptors (Lipinski definition) is 2. The molecule has 0 saturated carbocycles. The number of rotatable bonds is 2. The zero-order valence-electron chi connectivity index (χ0n) is 9.73. The molecule has 0 saturated heterocycles. The Morgan fingerprint density at radius 3 is 2.47 bits per heavy atom. The third kappa shape index (κ3) is 1.74. The van der Waals surface area contributed by atoms with Crippen LogP contribution in [0, 0.1) is 0 Å². The number of fused-ring (bicyclic) bond motifs is 1. The van der Waals surface area contributed by atoms with Gasteiger partial charge in [0.05, 0.1) is 5.52 Å². The summed E-state index contributed by atoms with van der Waals surface area (Å²) >= 11 is 0. The lowest BCUT2D eigenvalue weighted by Gasteiger charge is -2.05. The molecule has 2 rings (SSSR count). The largest absolute Gasteiger partial charge is 0.269 e. The minimum absolute atomic E-state index is 0.400. The van der Waals surface area contributed by atoms with Crippen LogP contribution in [0.2, 0.25) is 0 Å². The predicted octanol–water partition coefficient (Wildman–Crippen LogP) is 3.14. The van der Waals surface area contributed by atoms with E-state index >= 15 is 0 Å². The maximum atomic E-state index is 4.61. The summed E-state index contributed by atoms with van der Waals surface area (Å²) < 4.78 is 2.00. The average Bonchev–Trinajstić information content (AvgIpc) is 2.60. The molecule has 0 atom stereocenters. The summed E-state index contributed by atoms with van der Waals surface area (Å²) in [7, 11) is 0. The van der Waals surface area contributed by atoms with Crippen molar-refractivity contribution in [2.75, 3.05) is 0 Å². The lowest BCUT2D eigenvalue weighted by molar-refractivity contribution is 0.537. The van der Waals surface area contributed by atoms with Crippen molar-refractivity contribution >= 4 is 10.9 Å². The molecule has 2 aromatic rings. The van der Waals surface area contributed by atoms with Crippen molar-refractivity contribution in [2.45, 2.75) is 39.7 Å². The lowest BCUT2D eigenvalue weighted by atomic mass is 10.0. The summed E-state index contributed by atoms with van der Waals surface area (Å²) in [5, 5.41) is 5.74. The summed E-state index contributed by atoms with van der Waals surface area (Å²) in [6.45, 7) is 8.61. The van der Waals surface area contributed by atoms with E-state index in [0.29, 0.717) is 12.0 Å². The SMILES string of the molecule is CC(C)c1cncc2cn(C(C)C)nc12. The molecule has 0 aliphatic carbocycles. The minimum atomic E-state index is 0.400. The van der Waals surface area contributed by atoms with Gasteiger partial charge in [0.15, 0.2) is 0 Å². The topological polar surface area (TPSA) is 30.7 Å². The maximum Gasteiger partial charge on any atom is 0.0988 e. The van der Waals surface area contributed by atoms with Crippen LogP contribution in [0.1, 0.15) is 45.2 Å². The molecule has 0 amide bonds. The summed E-state index contributed by atoms with van der Waals surface area (Å²) in [6.07, 6.45) is 5.87. The van der Waals surface area contributed by atoms with Crippen LogP contribution < -0.4 is 0 Å². The molecule has 2 heterocycles. The Hall–Kier alpha value is -1.38. The quantitative estimate of drug-likeness (QED) is 0.750. The molecule has 0 aliphatic rings. The van der Waals surface area contributed by atoms with Crippen molar-refractivity contribution in [1.29, 1.82) is 0 Å². The molecule has 0 fully saturated rings. The van der Waals surface area contributed by atoms with Crippen LogP contribution in [0.5, 0.6) is 0 Å². The van der Waals surface area contributed by atoms with Gasteiger partial charge in [-0.05, 0) is 19.8 Å². The molecular weight excluding hydrogens is 186 g/mol. The molecule has 0 N–H and O–H groups in total. The third-order valence-corrected chi connectivity index (χ3v) is 2.61. The van der Waals surface area contributed by atoms with Gasteiger partial charge in [0.25, 0.3) is 0 Å². The Balaban J connectivity index is 2.64. The van der Waals surface area contributed by atoms with Gasteiger partial charge in [0, 0.05) is 35.6 Å². The number of nitrogens with zero attached hydrogens (tertiary/aromatic N) is 3. The molecular formula is C12H17N3. The van der Waals surface area contributed by atoms with Gasteiger partial charge in [-0.2, -0.15) is 5.10 Å². The highest BCUT2D eigenvalue weighted by Gasteiger charge is 2.10. The third-order valence-electron chi connectivity index (χ3n) is 2.61. The highest BCUT2D eigenvalue weighted by atomic mass is 15.3. The Bertz CT molecular complexity index is 469. The first-order valence-electron chi connectivity index (χ1n) is 5.42. The minimum Gasteiger partial charge on any atom is -0.269 e. The molecule has 0 spiro atoms. The van der Waals surface area contributed by atoms with Crippen LogP contribution in [0.15, 0.2) is 18.6 Å². The van der Waals surface area contributed by atoms with Crippen molar-refractivity contribution in [3.05, 3.63) is 24.2 Å². The average molecular weight is 203 g/mol. The van der Waals surface area contributed by atoms with Crippen molar-refractivity contribution in [2.24, 2.45) is 0 Å². The second kappa shape index (κ2) is 3.65. The number of aromatic nitrogens is 3. The van der Waals surface area contributed by atoms with E-state index in [1.54, 1.807) is 0 Å². The normalized spacial score (nSPS) is 11.9. The molecule has 3 heteroatoms. The van der Waals surface area contributed by atoms with Crippen molar-refractivity contribution in [3.63, 3.8) is 0 Å². The van der Waals surface area contributed by atoms with Crippen LogP contribution in [0.25, 0.3) is 10.9 Å². The lowest BCUT2D eigenvalue weighted by Crippen LogP contribution is -2.00. The van der Waals surface area contributed by atoms with Crippen LogP contribution in [-0.2, 0) is 0 Å². The van der Waals surface area contributed by atoms with Gasteiger partial charge < -0.3 is 0 Å². The zero-order valence-corrected chi connectivity index (χ0v) is 9.73. The second-order valence-electron chi connectivity index (χ2n) is 4.52. The molecule has 2 aromatic heterocycles. The van der Waals surface area contributed by atoms with Crippen LogP contribution in [0.4, 0.5) is 0 Å². The molecule has 0 aliphatic heterocycles. The first-order chi connectivity index (χ1) is 7.09. The first-order valence-corrected chi connectivity index (χ1v) is 5.42. The van der Waals surface area contributed by atoms with Gasteiger partial charge in [0.1, 0.15) is 0 Å². The summed E-state index contributed by atoms with van der Waals surface area (Å²) in [4.78, 5) is 4.25. The number of hydrogen-bond donors (Lipinski definition) is 0. The standard InChI is InChI=1S/C12H17N3/c1-8(2)11-6-13-5-10-7-15(9(3)4)14-12(10)11/h5-9H,1-4H3. The first kappa shape index (κ1) is 10.1. The van der Waals surface area contributed by atoms with Gasteiger partial charge in [-0.15, -0.1) is 0 Å². The highest BCUT2D eigenvalue weighted by molar-refractivity contribution is 5.80. The van der Waals surface area contributed by atoms with E-state index in [4.69, 9.17) is 0 Å². The molecule has 0 unspecified atom stereocenters. The molecule has 3 nitrogen and oxygen atoms in total. The van der Waals surface area contributed by atoms with E-state index in [9.17, 15) is 0 Å². The zero-order chi connectivity index (χ0) is 11.0. The Morgan fingerprint density at radius 2 is 1.87 bits per heavy atom. The van der Waals surface area contributed by atoms with E-state index in [1.807, 2.05) is 17.1 Å². The Morgan fingerprint density at radius 1 is 1.13 bits per heavy atom. The van der Waals surface area contributed by atoms with Gasteiger partial charge >= 0.3 is 0 Å². The summed E-state index contributed by atoms with van der Waals surface area (Å²) in [5.41, 5.74) is 2.32. The molecule has 80 valence electrons. The van der Waals surface area contributed by atoms with Crippen molar-refractivity contribution < 1.29 is 0 Å². The second-order valence-corrected chi connectivity index (χ2v) is 4.52. The fourth-order valence-corrected chi connectivity index (χ4v) is 1.67. The summed E-state index contributed by atoms with van der Waals surface area (Å²) in [6, 6.07) is 0.400. The fourth-order valence-electron chi connectivity index (χ4n) is 1.67. The van der Waals surface area contributed by atoms with Crippen LogP contribution >= 0.6 is 0 Å². The van der Waals surface area contributed by atoms with E-state index in [0.717, 1.165) is 10.9 Å². The van der Waals surface area contributed by atoms with Gasteiger partial charge in [-0.3, -0.25) is 9.67 Å². The van der Waals surface area contributed by atoms with E-state index in [2.05, 4.69) is 44.0 Å². The monoisotopic (exact) mass is 203 g/mol. The Labute approximate surface area is 90.1 Å². The molecule has 0 aromatic carbocycles. The summed E-state index contributed by atoms with van der Waals surface area (Å²) in [5.74, 6) is 0.469. The Kier molecular flexibility index (Phi) is 2.47. The molecule has 15 heavy (non-hydrogen) atoms. The van der Waals surface area contributed by atoms with Crippen LogP contribution in [0.3, 0.4) is 0 Å². The van der Waals surface area contributed by atoms with Gasteiger partial charge in [-0.1, -0.05) is 13.8 Å². The highest BCUT2D eigenvalue weighted by Crippen LogP contribution is 2.23. The van der Waals surface area contributed by atoms with Crippen molar-refractivity contribution in [1.82, 2.24) is 14.8 Å². The van der Waals surface area contributed by atoms with E-state index in [-0.39, 0.29) is 0 Å². The van der Waals surface area contributed by atoms with E-state index in [1.165, 1.54) is 5.56 Å². The van der Waals surface area contributed by atoms with E-state index < -0.39 is 0 Å². The molecule has 0 bridgehead atoms. The maximum absolute atomic E-state index is 4.61. The number of pyridine rings is 1. The van der Waals surface area contributed by atoms with Gasteiger partial charge in [-0.25, -0.2) is 0 Å². The predicted molar refractivity (Wildman–Crippen MR) is 62.0 cm³/mol. The van der Waals surface area contributed by atoms with Crippen LogP contribution in [-0.4, -0.2) is 14.8 Å². The fraction of sp³-hybridized carbons (Fsp3) is 0.500. The van der Waals surface area contributed by atoms with Crippen molar-refractivity contribution in [3.8, 4) is 0 Å².